The lowest BCUT2D eigenvalue weighted by molar-refractivity contribution is -0.145. The molecule has 0 atom stereocenters. The Morgan fingerprint density at radius 2 is 2.05 bits per heavy atom. The average molecular weight is 337 g/mol. The predicted octanol–water partition coefficient (Wildman–Crippen LogP) is 3.62. The Morgan fingerprint density at radius 3 is 2.70 bits per heavy atom. The van der Waals surface area contributed by atoms with E-state index in [1.807, 2.05) is 25.2 Å². The van der Waals surface area contributed by atoms with Crippen LogP contribution in [0.5, 0.6) is 0 Å². The molecule has 0 radical (unpaired) electrons. The van der Waals surface area contributed by atoms with Crippen molar-refractivity contribution in [1.29, 1.82) is 0 Å². The fourth-order valence-electron chi connectivity index (χ4n) is 3.30. The number of aliphatic carboxylic acids is 1. The molecule has 1 aromatic heterocycles. The van der Waals surface area contributed by atoms with Gasteiger partial charge < -0.3 is 5.11 Å². The fraction of sp³-hybridized carbons (Fsp3) is 0.467. The number of carboxylic acids is 1. The van der Waals surface area contributed by atoms with Crippen molar-refractivity contribution < 1.29 is 9.90 Å². The summed E-state index contributed by atoms with van der Waals surface area (Å²) in [6, 6.07) is 5.92. The second kappa shape index (κ2) is 4.88. The first kappa shape index (κ1) is 13.6. The number of aromatic nitrogens is 2. The number of fused-ring (bicyclic) bond motifs is 1. The van der Waals surface area contributed by atoms with E-state index in [2.05, 4.69) is 21.0 Å². The third-order valence-corrected chi connectivity index (χ3v) is 5.06. The molecule has 0 amide bonds. The number of hydrogen-bond acceptors (Lipinski definition) is 2. The van der Waals surface area contributed by atoms with Crippen LogP contribution in [0.4, 0.5) is 0 Å². The molecule has 1 aliphatic rings. The molecule has 1 aromatic carbocycles. The molecule has 3 rings (SSSR count). The summed E-state index contributed by atoms with van der Waals surface area (Å²) in [5.41, 5.74) is 1.20. The van der Waals surface area contributed by atoms with Gasteiger partial charge in [0.25, 0.3) is 0 Å². The van der Waals surface area contributed by atoms with Crippen molar-refractivity contribution in [3.05, 3.63) is 28.4 Å². The average Bonchev–Trinajstić information content (AvgIpc) is 2.74. The minimum Gasteiger partial charge on any atom is -0.481 e. The van der Waals surface area contributed by atoms with Crippen LogP contribution in [0.15, 0.2) is 22.8 Å². The lowest BCUT2D eigenvalue weighted by Gasteiger charge is -2.33. The molecule has 0 spiro atoms. The minimum absolute atomic E-state index is 0.698. The Hall–Kier alpha value is -1.36. The molecule has 1 aliphatic carbocycles. The van der Waals surface area contributed by atoms with Crippen molar-refractivity contribution in [3.8, 4) is 0 Å². The summed E-state index contributed by atoms with van der Waals surface area (Å²) in [4.78, 5) is 11.9. The number of halogens is 1. The van der Waals surface area contributed by atoms with E-state index in [0.717, 1.165) is 53.2 Å². The van der Waals surface area contributed by atoms with Gasteiger partial charge in [0.15, 0.2) is 0 Å². The molecule has 1 heterocycles. The van der Waals surface area contributed by atoms with E-state index in [9.17, 15) is 9.90 Å². The predicted molar refractivity (Wildman–Crippen MR) is 80.8 cm³/mol. The second-order valence-electron chi connectivity index (χ2n) is 5.59. The first-order valence-electron chi connectivity index (χ1n) is 6.91. The minimum atomic E-state index is -0.721. The molecular formula is C15H17BrN2O2. The molecular weight excluding hydrogens is 320 g/mol. The van der Waals surface area contributed by atoms with Crippen LogP contribution in [0, 0.1) is 0 Å². The van der Waals surface area contributed by atoms with E-state index >= 15 is 0 Å². The van der Waals surface area contributed by atoms with Crippen LogP contribution in [-0.2, 0) is 17.3 Å². The van der Waals surface area contributed by atoms with Crippen LogP contribution in [0.2, 0.25) is 0 Å². The summed E-state index contributed by atoms with van der Waals surface area (Å²) in [5, 5.41) is 15.1. The number of nitrogens with zero attached hydrogens (tertiary/aromatic N) is 2. The molecule has 2 aromatic rings. The molecule has 4 nitrogen and oxygen atoms in total. The summed E-state index contributed by atoms with van der Waals surface area (Å²) >= 11 is 3.45. The van der Waals surface area contributed by atoms with Crippen LogP contribution < -0.4 is 0 Å². The third kappa shape index (κ3) is 1.95. The Balaban J connectivity index is 2.16. The zero-order chi connectivity index (χ0) is 14.3. The number of carbonyl (C=O) groups is 1. The number of benzene rings is 1. The maximum Gasteiger partial charge on any atom is 0.314 e. The topological polar surface area (TPSA) is 55.1 Å². The van der Waals surface area contributed by atoms with E-state index in [1.165, 1.54) is 0 Å². The summed E-state index contributed by atoms with van der Waals surface area (Å²) in [6.45, 7) is 0. The van der Waals surface area contributed by atoms with Crippen LogP contribution in [0.25, 0.3) is 10.9 Å². The van der Waals surface area contributed by atoms with Gasteiger partial charge in [-0.25, -0.2) is 0 Å². The number of hydrogen-bond donors (Lipinski definition) is 1. The van der Waals surface area contributed by atoms with Crippen LogP contribution in [0.3, 0.4) is 0 Å². The summed E-state index contributed by atoms with van der Waals surface area (Å²) in [5.74, 6) is -0.698. The maximum absolute atomic E-state index is 11.9. The van der Waals surface area contributed by atoms with Crippen LogP contribution >= 0.6 is 15.9 Å². The first-order chi connectivity index (χ1) is 9.54. The fourth-order valence-corrected chi connectivity index (χ4v) is 3.86. The van der Waals surface area contributed by atoms with Gasteiger partial charge in [-0.2, -0.15) is 5.10 Å². The van der Waals surface area contributed by atoms with Gasteiger partial charge in [0.2, 0.25) is 0 Å². The van der Waals surface area contributed by atoms with E-state index in [4.69, 9.17) is 0 Å². The second-order valence-corrected chi connectivity index (χ2v) is 6.35. The van der Waals surface area contributed by atoms with Gasteiger partial charge in [-0.3, -0.25) is 9.48 Å². The van der Waals surface area contributed by atoms with Gasteiger partial charge in [-0.15, -0.1) is 0 Å². The zero-order valence-electron chi connectivity index (χ0n) is 11.4. The molecule has 106 valence electrons. The first-order valence-corrected chi connectivity index (χ1v) is 7.70. The van der Waals surface area contributed by atoms with Gasteiger partial charge in [0, 0.05) is 12.4 Å². The molecule has 1 N–H and O–H groups in total. The largest absolute Gasteiger partial charge is 0.481 e. The summed E-state index contributed by atoms with van der Waals surface area (Å²) < 4.78 is 2.57. The van der Waals surface area contributed by atoms with Crippen LogP contribution in [0.1, 0.15) is 37.7 Å². The molecule has 1 saturated carbocycles. The molecule has 0 saturated heterocycles. The monoisotopic (exact) mass is 336 g/mol. The molecule has 1 fully saturated rings. The van der Waals surface area contributed by atoms with Gasteiger partial charge in [-0.1, -0.05) is 25.3 Å². The Bertz CT molecular complexity index is 672. The van der Waals surface area contributed by atoms with E-state index in [-0.39, 0.29) is 0 Å². The Kier molecular flexibility index (Phi) is 3.32. The van der Waals surface area contributed by atoms with Crippen molar-refractivity contribution in [3.63, 3.8) is 0 Å². The van der Waals surface area contributed by atoms with Crippen molar-refractivity contribution in [2.75, 3.05) is 0 Å². The molecule has 0 unspecified atom stereocenters. The van der Waals surface area contributed by atoms with Crippen molar-refractivity contribution in [2.24, 2.45) is 7.05 Å². The van der Waals surface area contributed by atoms with Crippen LogP contribution in [-0.4, -0.2) is 20.9 Å². The van der Waals surface area contributed by atoms with Crippen molar-refractivity contribution >= 4 is 32.8 Å². The van der Waals surface area contributed by atoms with E-state index in [0.29, 0.717) is 0 Å². The number of carboxylic acid groups (broad SMARTS) is 1. The lowest BCUT2D eigenvalue weighted by atomic mass is 9.69. The van der Waals surface area contributed by atoms with Gasteiger partial charge in [0.05, 0.1) is 10.9 Å². The van der Waals surface area contributed by atoms with Gasteiger partial charge in [-0.05, 0) is 46.5 Å². The molecule has 20 heavy (non-hydrogen) atoms. The maximum atomic E-state index is 11.9. The Labute approximate surface area is 125 Å². The van der Waals surface area contributed by atoms with Gasteiger partial charge in [0.1, 0.15) is 4.60 Å². The highest BCUT2D eigenvalue weighted by atomic mass is 79.9. The quantitative estimate of drug-likeness (QED) is 0.911. The lowest BCUT2D eigenvalue weighted by Crippen LogP contribution is -2.37. The smallest absolute Gasteiger partial charge is 0.314 e. The molecule has 5 heteroatoms. The highest BCUT2D eigenvalue weighted by Crippen LogP contribution is 2.41. The summed E-state index contributed by atoms with van der Waals surface area (Å²) in [7, 11) is 1.89. The molecule has 0 aliphatic heterocycles. The summed E-state index contributed by atoms with van der Waals surface area (Å²) in [6.07, 6.45) is 4.56. The zero-order valence-corrected chi connectivity index (χ0v) is 13.0. The SMILES string of the molecule is Cn1nc(Br)c2cc(C3(C(=O)O)CCCCC3)ccc21. The number of rotatable bonds is 2. The van der Waals surface area contributed by atoms with Gasteiger partial charge >= 0.3 is 5.97 Å². The Morgan fingerprint density at radius 1 is 1.35 bits per heavy atom. The van der Waals surface area contributed by atoms with E-state index in [1.54, 1.807) is 4.68 Å². The van der Waals surface area contributed by atoms with Crippen molar-refractivity contribution in [2.45, 2.75) is 37.5 Å². The standard InChI is InChI=1S/C15H17BrN2O2/c1-18-12-6-5-10(9-11(12)13(16)17-18)15(14(19)20)7-3-2-4-8-15/h5-6,9H,2-4,7-8H2,1H3,(H,19,20). The number of aryl methyl sites for hydroxylation is 1. The highest BCUT2D eigenvalue weighted by Gasteiger charge is 2.41. The normalized spacial score (nSPS) is 18.3. The van der Waals surface area contributed by atoms with E-state index < -0.39 is 11.4 Å². The highest BCUT2D eigenvalue weighted by molar-refractivity contribution is 9.10. The molecule has 0 bridgehead atoms. The third-order valence-electron chi connectivity index (χ3n) is 4.47. The van der Waals surface area contributed by atoms with Crippen molar-refractivity contribution in [1.82, 2.24) is 9.78 Å².